The van der Waals surface area contributed by atoms with Crippen molar-refractivity contribution >= 4 is 5.78 Å². The third kappa shape index (κ3) is 2.42. The highest BCUT2D eigenvalue weighted by atomic mass is 16.4. The summed E-state index contributed by atoms with van der Waals surface area (Å²) in [7, 11) is 1.73. The molecule has 1 heterocycles. The van der Waals surface area contributed by atoms with E-state index in [1.807, 2.05) is 0 Å². The van der Waals surface area contributed by atoms with Crippen LogP contribution in [0.4, 0.5) is 0 Å². The molecular weight excluding hydrogens is 180 g/mol. The van der Waals surface area contributed by atoms with Gasteiger partial charge in [-0.05, 0) is 20.4 Å². The predicted molar refractivity (Wildman–Crippen MR) is 53.5 cm³/mol. The molecule has 0 fully saturated rings. The van der Waals surface area contributed by atoms with Gasteiger partial charge < -0.3 is 9.73 Å². The van der Waals surface area contributed by atoms with Gasteiger partial charge in [0.15, 0.2) is 11.7 Å². The Balaban J connectivity index is 2.81. The summed E-state index contributed by atoms with van der Waals surface area (Å²) in [5.41, 5.74) is 0.689. The second-order valence-electron chi connectivity index (χ2n) is 3.23. The van der Waals surface area contributed by atoms with E-state index in [4.69, 9.17) is 4.42 Å². The maximum Gasteiger partial charge on any atom is 0.213 e. The molecule has 4 nitrogen and oxygen atoms in total. The van der Waals surface area contributed by atoms with Gasteiger partial charge in [0.1, 0.15) is 0 Å². The lowest BCUT2D eigenvalue weighted by Crippen LogP contribution is -2.18. The summed E-state index contributed by atoms with van der Waals surface area (Å²) in [6, 6.07) is 0. The zero-order valence-electron chi connectivity index (χ0n) is 8.89. The molecule has 1 aromatic rings. The first-order valence-corrected chi connectivity index (χ1v) is 4.83. The van der Waals surface area contributed by atoms with Gasteiger partial charge in [0.2, 0.25) is 5.78 Å². The quantitative estimate of drug-likeness (QED) is 0.722. The Morgan fingerprint density at radius 1 is 1.57 bits per heavy atom. The Morgan fingerprint density at radius 3 is 2.86 bits per heavy atom. The minimum absolute atomic E-state index is 0.0418. The molecule has 0 saturated heterocycles. The van der Waals surface area contributed by atoms with Crippen molar-refractivity contribution in [2.24, 2.45) is 0 Å². The maximum atomic E-state index is 11.5. The number of rotatable bonds is 5. The molecule has 0 atom stereocenters. The molecule has 0 aromatic carbocycles. The number of hydrogen-bond donors (Lipinski definition) is 1. The van der Waals surface area contributed by atoms with Crippen molar-refractivity contribution in [3.8, 4) is 0 Å². The Morgan fingerprint density at radius 2 is 2.29 bits per heavy atom. The van der Waals surface area contributed by atoms with Crippen LogP contribution in [-0.4, -0.2) is 24.4 Å². The van der Waals surface area contributed by atoms with Crippen molar-refractivity contribution in [1.82, 2.24) is 10.3 Å². The normalized spacial score (nSPS) is 10.5. The van der Waals surface area contributed by atoms with Crippen LogP contribution >= 0.6 is 0 Å². The van der Waals surface area contributed by atoms with Crippen LogP contribution in [0.25, 0.3) is 0 Å². The van der Waals surface area contributed by atoms with Gasteiger partial charge in [-0.25, -0.2) is 4.98 Å². The van der Waals surface area contributed by atoms with Crippen molar-refractivity contribution in [2.45, 2.75) is 26.7 Å². The summed E-state index contributed by atoms with van der Waals surface area (Å²) in [6.45, 7) is 4.14. The fraction of sp³-hybridized carbons (Fsp3) is 0.600. The largest absolute Gasteiger partial charge is 0.437 e. The number of carbonyl (C=O) groups is 1. The lowest BCUT2D eigenvalue weighted by Gasteiger charge is -1.95. The van der Waals surface area contributed by atoms with Crippen LogP contribution in [0.3, 0.4) is 0 Å². The number of ketones is 1. The number of aromatic nitrogens is 1. The molecule has 0 radical (unpaired) electrons. The topological polar surface area (TPSA) is 55.1 Å². The molecule has 1 aromatic heterocycles. The number of oxazole rings is 1. The molecule has 0 aliphatic heterocycles. The lowest BCUT2D eigenvalue weighted by atomic mass is 10.2. The zero-order chi connectivity index (χ0) is 10.6. The van der Waals surface area contributed by atoms with E-state index >= 15 is 0 Å². The molecule has 14 heavy (non-hydrogen) atoms. The van der Waals surface area contributed by atoms with Crippen LogP contribution in [0.15, 0.2) is 4.42 Å². The molecule has 0 aliphatic carbocycles. The number of likely N-dealkylation sites (N-methyl/N-ethyl adjacent to an activating group) is 1. The van der Waals surface area contributed by atoms with Gasteiger partial charge in [-0.15, -0.1) is 0 Å². The van der Waals surface area contributed by atoms with E-state index in [9.17, 15) is 4.79 Å². The van der Waals surface area contributed by atoms with Gasteiger partial charge in [-0.2, -0.15) is 0 Å². The molecule has 0 unspecified atom stereocenters. The first-order valence-electron chi connectivity index (χ1n) is 4.83. The van der Waals surface area contributed by atoms with Crippen molar-refractivity contribution in [3.05, 3.63) is 17.3 Å². The van der Waals surface area contributed by atoms with Gasteiger partial charge in [0, 0.05) is 6.42 Å². The summed E-state index contributed by atoms with van der Waals surface area (Å²) in [5.74, 6) is 1.01. The summed E-state index contributed by atoms with van der Waals surface area (Å²) >= 11 is 0. The van der Waals surface area contributed by atoms with E-state index in [-0.39, 0.29) is 5.78 Å². The van der Waals surface area contributed by atoms with E-state index < -0.39 is 0 Å². The number of Topliss-reactive ketones (excluding diaryl/α,β-unsaturated/α-hetero) is 1. The van der Waals surface area contributed by atoms with Crippen molar-refractivity contribution in [3.63, 3.8) is 0 Å². The van der Waals surface area contributed by atoms with E-state index in [1.54, 1.807) is 14.0 Å². The molecule has 0 spiro atoms. The molecule has 0 saturated carbocycles. The van der Waals surface area contributed by atoms with Crippen LogP contribution in [0.1, 0.15) is 35.5 Å². The Hall–Kier alpha value is -1.16. The van der Waals surface area contributed by atoms with Crippen LogP contribution in [-0.2, 0) is 6.42 Å². The summed E-state index contributed by atoms with van der Waals surface area (Å²) in [6.07, 6.45) is 1.76. The van der Waals surface area contributed by atoms with Gasteiger partial charge in [0.25, 0.3) is 0 Å². The highest BCUT2D eigenvalue weighted by Crippen LogP contribution is 2.11. The molecule has 78 valence electrons. The second kappa shape index (κ2) is 4.91. The number of carbonyl (C=O) groups excluding carboxylic acids is 1. The molecule has 0 aliphatic rings. The first kappa shape index (κ1) is 10.9. The van der Waals surface area contributed by atoms with Gasteiger partial charge in [-0.1, -0.05) is 6.92 Å². The highest BCUT2D eigenvalue weighted by molar-refractivity contribution is 5.95. The first-order chi connectivity index (χ1) is 6.69. The lowest BCUT2D eigenvalue weighted by molar-refractivity contribution is 0.0964. The van der Waals surface area contributed by atoms with E-state index in [0.717, 1.165) is 12.8 Å². The predicted octanol–water partition coefficient (Wildman–Crippen LogP) is 1.34. The van der Waals surface area contributed by atoms with Crippen LogP contribution < -0.4 is 5.32 Å². The molecule has 1 rings (SSSR count). The third-order valence-electron chi connectivity index (χ3n) is 1.90. The maximum absolute atomic E-state index is 11.5. The fourth-order valence-corrected chi connectivity index (χ4v) is 1.27. The summed E-state index contributed by atoms with van der Waals surface area (Å²) in [5, 5.41) is 2.80. The van der Waals surface area contributed by atoms with Gasteiger partial charge in [-0.3, -0.25) is 4.79 Å². The number of nitrogens with zero attached hydrogens (tertiary/aromatic N) is 1. The second-order valence-corrected chi connectivity index (χ2v) is 3.23. The fourth-order valence-electron chi connectivity index (χ4n) is 1.27. The average molecular weight is 196 g/mol. The SMILES string of the molecule is CCCc1nc(C)c(C(=O)CNC)o1. The molecule has 0 bridgehead atoms. The van der Waals surface area contributed by atoms with E-state index in [0.29, 0.717) is 23.9 Å². The smallest absolute Gasteiger partial charge is 0.213 e. The molecular formula is C10H16N2O2. The Labute approximate surface area is 83.7 Å². The van der Waals surface area contributed by atoms with Crippen molar-refractivity contribution in [2.75, 3.05) is 13.6 Å². The number of hydrogen-bond acceptors (Lipinski definition) is 4. The van der Waals surface area contributed by atoms with E-state index in [1.165, 1.54) is 0 Å². The van der Waals surface area contributed by atoms with E-state index in [2.05, 4.69) is 17.2 Å². The third-order valence-corrected chi connectivity index (χ3v) is 1.90. The number of aryl methyl sites for hydroxylation is 2. The van der Waals surface area contributed by atoms with Gasteiger partial charge >= 0.3 is 0 Å². The van der Waals surface area contributed by atoms with Gasteiger partial charge in [0.05, 0.1) is 12.2 Å². The van der Waals surface area contributed by atoms with Crippen molar-refractivity contribution in [1.29, 1.82) is 0 Å². The Kier molecular flexibility index (Phi) is 3.83. The van der Waals surface area contributed by atoms with Crippen molar-refractivity contribution < 1.29 is 9.21 Å². The van der Waals surface area contributed by atoms with Crippen LogP contribution in [0.2, 0.25) is 0 Å². The zero-order valence-corrected chi connectivity index (χ0v) is 8.89. The molecule has 0 amide bonds. The monoisotopic (exact) mass is 196 g/mol. The highest BCUT2D eigenvalue weighted by Gasteiger charge is 2.15. The van der Waals surface area contributed by atoms with Crippen LogP contribution in [0.5, 0.6) is 0 Å². The Bertz CT molecular complexity index is 318. The minimum atomic E-state index is -0.0418. The standard InChI is InChI=1S/C10H16N2O2/c1-4-5-9-12-7(2)10(14-9)8(13)6-11-3/h11H,4-6H2,1-3H3. The summed E-state index contributed by atoms with van der Waals surface area (Å²) < 4.78 is 5.37. The minimum Gasteiger partial charge on any atom is -0.437 e. The molecule has 1 N–H and O–H groups in total. The molecule has 4 heteroatoms. The number of nitrogens with one attached hydrogen (secondary N) is 1. The summed E-state index contributed by atoms with van der Waals surface area (Å²) in [4.78, 5) is 15.7. The average Bonchev–Trinajstić information content (AvgIpc) is 2.48. The van der Waals surface area contributed by atoms with Crippen LogP contribution in [0, 0.1) is 6.92 Å².